The highest BCUT2D eigenvalue weighted by molar-refractivity contribution is 7.90. The molecule has 1 rings (SSSR count). The van der Waals surface area contributed by atoms with Gasteiger partial charge in [0.05, 0.1) is 17.6 Å². The number of carbonyl (C=O) groups is 1. The average Bonchev–Trinajstić information content (AvgIpc) is 2.27. The normalized spacial score (nSPS) is 25.2. The van der Waals surface area contributed by atoms with Crippen molar-refractivity contribution in [3.05, 3.63) is 0 Å². The predicted octanol–water partition coefficient (Wildman–Crippen LogP) is 1.50. The van der Waals surface area contributed by atoms with Crippen molar-refractivity contribution in [3.8, 4) is 0 Å². The van der Waals surface area contributed by atoms with Gasteiger partial charge < -0.3 is 5.11 Å². The number of rotatable bonds is 5. The van der Waals surface area contributed by atoms with Crippen LogP contribution < -0.4 is 4.72 Å². The summed E-state index contributed by atoms with van der Waals surface area (Å²) in [7, 11) is -3.89. The minimum atomic E-state index is -4.38. The maximum atomic E-state index is 12.6. The van der Waals surface area contributed by atoms with Gasteiger partial charge in [-0.05, 0) is 19.3 Å². The number of carboxylic acid groups (broad SMARTS) is 1. The SMILES string of the molecule is O=C(O)CCNS(=O)(=O)C1CCCC(C(F)(F)F)C1. The number of nitrogens with one attached hydrogen (secondary N) is 1. The highest BCUT2D eigenvalue weighted by Crippen LogP contribution is 2.39. The van der Waals surface area contributed by atoms with E-state index in [1.165, 1.54) is 0 Å². The molecule has 1 saturated carbocycles. The molecule has 2 N–H and O–H groups in total. The van der Waals surface area contributed by atoms with E-state index < -0.39 is 46.2 Å². The van der Waals surface area contributed by atoms with Gasteiger partial charge in [0.25, 0.3) is 0 Å². The Labute approximate surface area is 109 Å². The molecule has 112 valence electrons. The van der Waals surface area contributed by atoms with Crippen LogP contribution in [0.5, 0.6) is 0 Å². The second-order valence-corrected chi connectivity index (χ2v) is 6.66. The Morgan fingerprint density at radius 2 is 1.95 bits per heavy atom. The lowest BCUT2D eigenvalue weighted by molar-refractivity contribution is -0.181. The molecule has 9 heteroatoms. The molecule has 19 heavy (non-hydrogen) atoms. The van der Waals surface area contributed by atoms with Gasteiger partial charge in [0, 0.05) is 6.54 Å². The zero-order chi connectivity index (χ0) is 14.7. The van der Waals surface area contributed by atoms with Gasteiger partial charge in [0.15, 0.2) is 0 Å². The van der Waals surface area contributed by atoms with Crippen LogP contribution in [0, 0.1) is 5.92 Å². The average molecular weight is 303 g/mol. The van der Waals surface area contributed by atoms with E-state index in [0.717, 1.165) is 0 Å². The summed E-state index contributed by atoms with van der Waals surface area (Å²) in [5, 5.41) is 7.29. The smallest absolute Gasteiger partial charge is 0.391 e. The lowest BCUT2D eigenvalue weighted by Gasteiger charge is -2.30. The summed E-state index contributed by atoms with van der Waals surface area (Å²) >= 11 is 0. The highest BCUT2D eigenvalue weighted by atomic mass is 32.2. The van der Waals surface area contributed by atoms with E-state index >= 15 is 0 Å². The van der Waals surface area contributed by atoms with Gasteiger partial charge in [0.1, 0.15) is 0 Å². The van der Waals surface area contributed by atoms with Gasteiger partial charge in [0.2, 0.25) is 10.0 Å². The molecule has 5 nitrogen and oxygen atoms in total. The molecule has 0 spiro atoms. The van der Waals surface area contributed by atoms with E-state index in [1.807, 2.05) is 0 Å². The second kappa shape index (κ2) is 6.08. The topological polar surface area (TPSA) is 83.5 Å². The fourth-order valence-corrected chi connectivity index (χ4v) is 3.73. The van der Waals surface area contributed by atoms with E-state index in [9.17, 15) is 26.4 Å². The summed E-state index contributed by atoms with van der Waals surface area (Å²) in [5.41, 5.74) is 0. The largest absolute Gasteiger partial charge is 0.481 e. The zero-order valence-electron chi connectivity index (χ0n) is 10.1. The first-order valence-electron chi connectivity index (χ1n) is 5.90. The first-order valence-corrected chi connectivity index (χ1v) is 7.44. The van der Waals surface area contributed by atoms with Gasteiger partial charge in [-0.3, -0.25) is 4.79 Å². The van der Waals surface area contributed by atoms with E-state index in [2.05, 4.69) is 4.72 Å². The zero-order valence-corrected chi connectivity index (χ0v) is 10.9. The van der Waals surface area contributed by atoms with Crippen LogP contribution >= 0.6 is 0 Å². The molecular formula is C10H16F3NO4S. The number of hydrogen-bond acceptors (Lipinski definition) is 3. The number of sulfonamides is 1. The molecule has 0 amide bonds. The first kappa shape index (κ1) is 16.2. The van der Waals surface area contributed by atoms with Gasteiger partial charge in [-0.15, -0.1) is 0 Å². The summed E-state index contributed by atoms with van der Waals surface area (Å²) < 4.78 is 63.3. The van der Waals surface area contributed by atoms with Gasteiger partial charge in [-0.2, -0.15) is 13.2 Å². The van der Waals surface area contributed by atoms with Crippen molar-refractivity contribution < 1.29 is 31.5 Å². The molecule has 0 aromatic heterocycles. The predicted molar refractivity (Wildman–Crippen MR) is 61.0 cm³/mol. The Morgan fingerprint density at radius 3 is 2.47 bits per heavy atom. The molecule has 0 saturated heterocycles. The van der Waals surface area contributed by atoms with Gasteiger partial charge >= 0.3 is 12.1 Å². The molecule has 0 aromatic carbocycles. The third kappa shape index (κ3) is 4.98. The number of alkyl halides is 3. The Kier molecular flexibility index (Phi) is 5.19. The van der Waals surface area contributed by atoms with Crippen molar-refractivity contribution in [3.63, 3.8) is 0 Å². The molecule has 0 aliphatic heterocycles. The summed E-state index contributed by atoms with van der Waals surface area (Å²) in [5.74, 6) is -2.76. The van der Waals surface area contributed by atoms with E-state index in [1.54, 1.807) is 0 Å². The Morgan fingerprint density at radius 1 is 1.32 bits per heavy atom. The Bertz CT molecular complexity index is 421. The molecule has 0 bridgehead atoms. The van der Waals surface area contributed by atoms with Crippen LogP contribution in [0.4, 0.5) is 13.2 Å². The van der Waals surface area contributed by atoms with Crippen molar-refractivity contribution >= 4 is 16.0 Å². The van der Waals surface area contributed by atoms with Crippen molar-refractivity contribution in [1.29, 1.82) is 0 Å². The molecule has 1 fully saturated rings. The molecule has 1 aliphatic rings. The first-order chi connectivity index (χ1) is 8.63. The minimum Gasteiger partial charge on any atom is -0.481 e. The Hall–Kier alpha value is -0.830. The van der Waals surface area contributed by atoms with Crippen LogP contribution in [0.15, 0.2) is 0 Å². The summed E-state index contributed by atoms with van der Waals surface area (Å²) in [4.78, 5) is 10.3. The third-order valence-corrected chi connectivity index (χ3v) is 5.08. The number of halogens is 3. The van der Waals surface area contributed by atoms with Crippen LogP contribution in [0.2, 0.25) is 0 Å². The second-order valence-electron chi connectivity index (χ2n) is 4.61. The van der Waals surface area contributed by atoms with Crippen LogP contribution in [0.3, 0.4) is 0 Å². The highest BCUT2D eigenvalue weighted by Gasteiger charge is 2.44. The third-order valence-electron chi connectivity index (χ3n) is 3.17. The standard InChI is InChI=1S/C10H16F3NO4S/c11-10(12,13)7-2-1-3-8(6-7)19(17,18)14-5-4-9(15)16/h7-8,14H,1-6H2,(H,15,16). The maximum Gasteiger partial charge on any atom is 0.391 e. The van der Waals surface area contributed by atoms with Gasteiger partial charge in [-0.25, -0.2) is 13.1 Å². The number of aliphatic carboxylic acids is 1. The van der Waals surface area contributed by atoms with Crippen LogP contribution in [0.25, 0.3) is 0 Å². The van der Waals surface area contributed by atoms with Crippen LogP contribution in [0.1, 0.15) is 32.1 Å². The van der Waals surface area contributed by atoms with Crippen molar-refractivity contribution in [2.75, 3.05) is 6.54 Å². The van der Waals surface area contributed by atoms with Gasteiger partial charge in [-0.1, -0.05) is 6.42 Å². The fraction of sp³-hybridized carbons (Fsp3) is 0.900. The van der Waals surface area contributed by atoms with Crippen LogP contribution in [-0.4, -0.2) is 37.5 Å². The summed E-state index contributed by atoms with van der Waals surface area (Å²) in [6.07, 6.45) is -4.90. The summed E-state index contributed by atoms with van der Waals surface area (Å²) in [6, 6.07) is 0. The fourth-order valence-electron chi connectivity index (χ4n) is 2.14. The van der Waals surface area contributed by atoms with Crippen molar-refractivity contribution in [2.24, 2.45) is 5.92 Å². The van der Waals surface area contributed by atoms with E-state index in [4.69, 9.17) is 5.11 Å². The maximum absolute atomic E-state index is 12.6. The quantitative estimate of drug-likeness (QED) is 0.806. The Balaban J connectivity index is 2.60. The number of carboxylic acids is 1. The lowest BCUT2D eigenvalue weighted by Crippen LogP contribution is -2.41. The molecule has 0 radical (unpaired) electrons. The minimum absolute atomic E-state index is 0.0509. The number of hydrogen-bond donors (Lipinski definition) is 2. The molecule has 1 aliphatic carbocycles. The van der Waals surface area contributed by atoms with Crippen molar-refractivity contribution in [2.45, 2.75) is 43.5 Å². The van der Waals surface area contributed by atoms with E-state index in [0.29, 0.717) is 0 Å². The molecular weight excluding hydrogens is 287 g/mol. The summed E-state index contributed by atoms with van der Waals surface area (Å²) in [6.45, 7) is -0.301. The molecule has 2 atom stereocenters. The monoisotopic (exact) mass is 303 g/mol. The van der Waals surface area contributed by atoms with Crippen LogP contribution in [-0.2, 0) is 14.8 Å². The molecule has 0 aromatic rings. The van der Waals surface area contributed by atoms with Crippen molar-refractivity contribution in [1.82, 2.24) is 4.72 Å². The molecule has 2 unspecified atom stereocenters. The molecule has 0 heterocycles. The van der Waals surface area contributed by atoms with E-state index in [-0.39, 0.29) is 25.8 Å². The lowest BCUT2D eigenvalue weighted by atomic mass is 9.88.